The number of nitrogens with zero attached hydrogens (tertiary/aromatic N) is 1. The fourth-order valence-electron chi connectivity index (χ4n) is 3.70. The SMILES string of the molecule is O=C(Cn1c(-c2ccccc2)cc2ccccc21)Nc1ccc2cc[nH]c2c1. The van der Waals surface area contributed by atoms with Crippen molar-refractivity contribution in [1.29, 1.82) is 0 Å². The Bertz CT molecular complexity index is 1280. The summed E-state index contributed by atoms with van der Waals surface area (Å²) in [7, 11) is 0. The summed E-state index contributed by atoms with van der Waals surface area (Å²) in [5.74, 6) is -0.0514. The van der Waals surface area contributed by atoms with E-state index >= 15 is 0 Å². The van der Waals surface area contributed by atoms with Gasteiger partial charge in [-0.2, -0.15) is 0 Å². The van der Waals surface area contributed by atoms with Crippen LogP contribution in [0.1, 0.15) is 0 Å². The molecule has 1 amide bonds. The summed E-state index contributed by atoms with van der Waals surface area (Å²) < 4.78 is 2.08. The number of amides is 1. The van der Waals surface area contributed by atoms with Gasteiger partial charge in [-0.1, -0.05) is 54.6 Å². The smallest absolute Gasteiger partial charge is 0.244 e. The van der Waals surface area contributed by atoms with Gasteiger partial charge >= 0.3 is 0 Å². The summed E-state index contributed by atoms with van der Waals surface area (Å²) in [5.41, 5.74) is 4.99. The van der Waals surface area contributed by atoms with E-state index in [4.69, 9.17) is 0 Å². The molecule has 5 rings (SSSR count). The van der Waals surface area contributed by atoms with E-state index in [1.54, 1.807) is 0 Å². The number of carbonyl (C=O) groups excluding carboxylic acids is 1. The molecular weight excluding hydrogens is 346 g/mol. The maximum absolute atomic E-state index is 12.8. The molecule has 0 atom stereocenters. The van der Waals surface area contributed by atoms with Gasteiger partial charge in [-0.3, -0.25) is 4.79 Å². The standard InChI is InChI=1S/C24H19N3O/c28-24(26-20-11-10-17-12-13-25-21(17)15-20)16-27-22-9-5-4-8-19(22)14-23(27)18-6-2-1-3-7-18/h1-15,25H,16H2,(H,26,28). The average molecular weight is 365 g/mol. The second-order valence-electron chi connectivity index (χ2n) is 6.87. The number of hydrogen-bond acceptors (Lipinski definition) is 1. The molecule has 0 bridgehead atoms. The van der Waals surface area contributed by atoms with Gasteiger partial charge in [0.1, 0.15) is 6.54 Å². The maximum Gasteiger partial charge on any atom is 0.244 e. The number of aromatic amines is 1. The molecule has 2 N–H and O–H groups in total. The zero-order valence-corrected chi connectivity index (χ0v) is 15.2. The minimum Gasteiger partial charge on any atom is -0.361 e. The van der Waals surface area contributed by atoms with Gasteiger partial charge in [0.25, 0.3) is 0 Å². The molecule has 4 heteroatoms. The Hall–Kier alpha value is -3.79. The molecular formula is C24H19N3O. The molecule has 0 radical (unpaired) electrons. The van der Waals surface area contributed by atoms with Crippen LogP contribution in [-0.4, -0.2) is 15.5 Å². The number of nitrogens with one attached hydrogen (secondary N) is 2. The zero-order chi connectivity index (χ0) is 18.9. The van der Waals surface area contributed by atoms with Gasteiger partial charge in [0, 0.05) is 34.0 Å². The van der Waals surface area contributed by atoms with Crippen molar-refractivity contribution in [3.63, 3.8) is 0 Å². The Balaban J connectivity index is 1.49. The highest BCUT2D eigenvalue weighted by Gasteiger charge is 2.13. The lowest BCUT2D eigenvalue weighted by atomic mass is 10.1. The number of carbonyl (C=O) groups is 1. The first-order chi connectivity index (χ1) is 13.8. The average Bonchev–Trinajstić information content (AvgIpc) is 3.33. The van der Waals surface area contributed by atoms with Gasteiger partial charge < -0.3 is 14.9 Å². The molecule has 136 valence electrons. The molecule has 0 saturated carbocycles. The highest BCUT2D eigenvalue weighted by molar-refractivity contribution is 5.95. The van der Waals surface area contributed by atoms with Crippen molar-refractivity contribution in [2.75, 3.05) is 5.32 Å². The predicted molar refractivity (Wildman–Crippen MR) is 114 cm³/mol. The second kappa shape index (κ2) is 6.74. The largest absolute Gasteiger partial charge is 0.361 e. The number of anilines is 1. The van der Waals surface area contributed by atoms with E-state index in [9.17, 15) is 4.79 Å². The Morgan fingerprint density at radius 2 is 1.68 bits per heavy atom. The van der Waals surface area contributed by atoms with Gasteiger partial charge in [-0.25, -0.2) is 0 Å². The number of hydrogen-bond donors (Lipinski definition) is 2. The van der Waals surface area contributed by atoms with Gasteiger partial charge in [0.2, 0.25) is 5.91 Å². The van der Waals surface area contributed by atoms with E-state index in [0.29, 0.717) is 0 Å². The topological polar surface area (TPSA) is 49.8 Å². The predicted octanol–water partition coefficient (Wildman–Crippen LogP) is 5.43. The molecule has 0 unspecified atom stereocenters. The van der Waals surface area contributed by atoms with Gasteiger partial charge in [0.05, 0.1) is 0 Å². The maximum atomic E-state index is 12.8. The molecule has 28 heavy (non-hydrogen) atoms. The highest BCUT2D eigenvalue weighted by Crippen LogP contribution is 2.28. The molecule has 0 aliphatic rings. The van der Waals surface area contributed by atoms with E-state index < -0.39 is 0 Å². The van der Waals surface area contributed by atoms with Crippen LogP contribution in [0.15, 0.2) is 91.1 Å². The minimum atomic E-state index is -0.0514. The van der Waals surface area contributed by atoms with E-state index in [1.165, 1.54) is 0 Å². The molecule has 3 aromatic carbocycles. The fourth-order valence-corrected chi connectivity index (χ4v) is 3.70. The number of rotatable bonds is 4. The van der Waals surface area contributed by atoms with Crippen LogP contribution in [0.3, 0.4) is 0 Å². The summed E-state index contributed by atoms with van der Waals surface area (Å²) in [6, 6.07) is 28.4. The van der Waals surface area contributed by atoms with E-state index in [2.05, 4.69) is 45.2 Å². The van der Waals surface area contributed by atoms with Crippen LogP contribution >= 0.6 is 0 Å². The Labute approximate surface area is 162 Å². The molecule has 0 saturated heterocycles. The van der Waals surface area contributed by atoms with Crippen LogP contribution in [0, 0.1) is 0 Å². The Morgan fingerprint density at radius 1 is 0.857 bits per heavy atom. The van der Waals surface area contributed by atoms with Crippen LogP contribution in [0.2, 0.25) is 0 Å². The van der Waals surface area contributed by atoms with Gasteiger partial charge in [-0.15, -0.1) is 0 Å². The van der Waals surface area contributed by atoms with Crippen molar-refractivity contribution < 1.29 is 4.79 Å². The quantitative estimate of drug-likeness (QED) is 0.438. The summed E-state index contributed by atoms with van der Waals surface area (Å²) in [6.45, 7) is 0.251. The monoisotopic (exact) mass is 365 g/mol. The molecule has 0 aliphatic heterocycles. The first kappa shape index (κ1) is 16.4. The van der Waals surface area contributed by atoms with Crippen molar-refractivity contribution in [2.24, 2.45) is 0 Å². The number of benzene rings is 3. The van der Waals surface area contributed by atoms with Crippen LogP contribution in [0.4, 0.5) is 5.69 Å². The number of para-hydroxylation sites is 1. The lowest BCUT2D eigenvalue weighted by molar-refractivity contribution is -0.116. The first-order valence-corrected chi connectivity index (χ1v) is 9.29. The summed E-state index contributed by atoms with van der Waals surface area (Å²) in [5, 5.41) is 5.28. The fraction of sp³-hybridized carbons (Fsp3) is 0.0417. The molecule has 5 aromatic rings. The lowest BCUT2D eigenvalue weighted by Gasteiger charge is -2.12. The zero-order valence-electron chi connectivity index (χ0n) is 15.2. The third-order valence-corrected chi connectivity index (χ3v) is 5.02. The van der Waals surface area contributed by atoms with Crippen molar-refractivity contribution in [2.45, 2.75) is 6.54 Å². The van der Waals surface area contributed by atoms with Crippen LogP contribution in [0.5, 0.6) is 0 Å². The summed E-state index contributed by atoms with van der Waals surface area (Å²) in [4.78, 5) is 16.0. The van der Waals surface area contributed by atoms with Crippen LogP contribution in [-0.2, 0) is 11.3 Å². The van der Waals surface area contributed by atoms with Crippen molar-refractivity contribution in [3.8, 4) is 11.3 Å². The molecule has 0 fully saturated rings. The van der Waals surface area contributed by atoms with Crippen molar-refractivity contribution in [1.82, 2.24) is 9.55 Å². The number of H-pyrrole nitrogens is 1. The van der Waals surface area contributed by atoms with Gasteiger partial charge in [-0.05, 0) is 41.3 Å². The third-order valence-electron chi connectivity index (χ3n) is 5.02. The van der Waals surface area contributed by atoms with E-state index in [1.807, 2.05) is 60.8 Å². The minimum absolute atomic E-state index is 0.0514. The summed E-state index contributed by atoms with van der Waals surface area (Å²) >= 11 is 0. The molecule has 4 nitrogen and oxygen atoms in total. The first-order valence-electron chi connectivity index (χ1n) is 9.29. The third kappa shape index (κ3) is 2.95. The van der Waals surface area contributed by atoms with Crippen LogP contribution < -0.4 is 5.32 Å². The van der Waals surface area contributed by atoms with E-state index in [-0.39, 0.29) is 12.5 Å². The Morgan fingerprint density at radius 3 is 2.57 bits per heavy atom. The van der Waals surface area contributed by atoms with Crippen LogP contribution in [0.25, 0.3) is 33.1 Å². The Kier molecular flexibility index (Phi) is 3.95. The second-order valence-corrected chi connectivity index (χ2v) is 6.87. The van der Waals surface area contributed by atoms with Crippen molar-refractivity contribution in [3.05, 3.63) is 91.1 Å². The summed E-state index contributed by atoms with van der Waals surface area (Å²) in [6.07, 6.45) is 1.90. The van der Waals surface area contributed by atoms with Crippen molar-refractivity contribution >= 4 is 33.4 Å². The molecule has 2 heterocycles. The molecule has 0 aliphatic carbocycles. The lowest BCUT2D eigenvalue weighted by Crippen LogP contribution is -2.19. The van der Waals surface area contributed by atoms with Gasteiger partial charge in [0.15, 0.2) is 0 Å². The highest BCUT2D eigenvalue weighted by atomic mass is 16.1. The number of aromatic nitrogens is 2. The molecule has 2 aromatic heterocycles. The normalized spacial score (nSPS) is 11.1. The van der Waals surface area contributed by atoms with E-state index in [0.717, 1.165) is 38.8 Å². The molecule has 0 spiro atoms. The number of fused-ring (bicyclic) bond motifs is 2.